The first kappa shape index (κ1) is 35.1. The van der Waals surface area contributed by atoms with Crippen LogP contribution in [0.25, 0.3) is 21.1 Å². The number of aryl methyl sites for hydroxylation is 4. The van der Waals surface area contributed by atoms with E-state index in [1.807, 2.05) is 30.5 Å². The Kier molecular flexibility index (Phi) is 11.0. The highest BCUT2D eigenvalue weighted by Crippen LogP contribution is 2.40. The average molecular weight is 689 g/mol. The van der Waals surface area contributed by atoms with Crippen LogP contribution >= 0.6 is 11.3 Å². The zero-order chi connectivity index (χ0) is 35.2. The van der Waals surface area contributed by atoms with Crippen molar-refractivity contribution in [2.75, 3.05) is 26.6 Å². The third-order valence-electron chi connectivity index (χ3n) is 8.33. The molecule has 0 unspecified atom stereocenters. The molecule has 2 amide bonds. The summed E-state index contributed by atoms with van der Waals surface area (Å²) in [4.78, 5) is 55.6. The van der Waals surface area contributed by atoms with Gasteiger partial charge in [-0.05, 0) is 69.0 Å². The molecule has 0 aliphatic rings. The van der Waals surface area contributed by atoms with E-state index in [-0.39, 0.29) is 24.5 Å². The molecule has 0 aliphatic heterocycles. The molecule has 258 valence electrons. The summed E-state index contributed by atoms with van der Waals surface area (Å²) in [7, 11) is 4.45. The predicted molar refractivity (Wildman–Crippen MR) is 187 cm³/mol. The van der Waals surface area contributed by atoms with E-state index >= 15 is 0 Å². The number of nitrogens with two attached hydrogens (primary N) is 1. The molecule has 0 fully saturated rings. The Morgan fingerprint density at radius 3 is 2.41 bits per heavy atom. The lowest BCUT2D eigenvalue weighted by Gasteiger charge is -2.11. The van der Waals surface area contributed by atoms with E-state index in [1.54, 1.807) is 43.2 Å². The minimum Gasteiger partial charge on any atom is -0.493 e. The van der Waals surface area contributed by atoms with Crippen molar-refractivity contribution in [1.82, 2.24) is 19.3 Å². The Balaban J connectivity index is 1.36. The molecule has 0 saturated carbocycles. The minimum absolute atomic E-state index is 0.00865. The van der Waals surface area contributed by atoms with E-state index in [1.165, 1.54) is 18.4 Å². The summed E-state index contributed by atoms with van der Waals surface area (Å²) in [6.07, 6.45) is 3.00. The molecule has 2 aromatic carbocycles. The molecular formula is C35H40N6O7S. The number of nitrogens with one attached hydrogen (secondary N) is 1. The van der Waals surface area contributed by atoms with Gasteiger partial charge in [-0.25, -0.2) is 4.98 Å². The summed E-state index contributed by atoms with van der Waals surface area (Å²) in [6, 6.07) is 10.5. The van der Waals surface area contributed by atoms with Crippen LogP contribution < -0.4 is 20.5 Å². The fourth-order valence-corrected chi connectivity index (χ4v) is 7.10. The Hall–Kier alpha value is -5.24. The Morgan fingerprint density at radius 1 is 0.959 bits per heavy atom. The molecule has 3 N–H and O–H groups in total. The Labute approximate surface area is 287 Å². The van der Waals surface area contributed by atoms with Crippen molar-refractivity contribution in [2.45, 2.75) is 65.5 Å². The number of rotatable bonds is 16. The summed E-state index contributed by atoms with van der Waals surface area (Å²) in [6.45, 7) is 4.82. The van der Waals surface area contributed by atoms with Gasteiger partial charge in [-0.15, -0.1) is 11.3 Å². The molecule has 3 heterocycles. The largest absolute Gasteiger partial charge is 0.493 e. The summed E-state index contributed by atoms with van der Waals surface area (Å²) in [5, 5.41) is 8.24. The van der Waals surface area contributed by atoms with E-state index in [0.29, 0.717) is 58.6 Å². The molecule has 49 heavy (non-hydrogen) atoms. The highest BCUT2D eigenvalue weighted by molar-refractivity contribution is 7.21. The van der Waals surface area contributed by atoms with Gasteiger partial charge in [0.1, 0.15) is 5.69 Å². The number of ether oxygens (including phenoxy) is 3. The number of methoxy groups -OCH3 is 3. The summed E-state index contributed by atoms with van der Waals surface area (Å²) < 4.78 is 20.2. The number of primary amides is 1. The fraction of sp³-hybridized carbons (Fsp3) is 0.371. The first-order valence-electron chi connectivity index (χ1n) is 16.0. The van der Waals surface area contributed by atoms with Crippen molar-refractivity contribution in [3.8, 4) is 11.5 Å². The Bertz CT molecular complexity index is 2040. The van der Waals surface area contributed by atoms with Crippen LogP contribution in [0.2, 0.25) is 0 Å². The number of fused-ring (bicyclic) bond motifs is 2. The number of nitrogens with zero attached hydrogens (tertiary/aromatic N) is 4. The van der Waals surface area contributed by atoms with E-state index in [2.05, 4.69) is 15.4 Å². The van der Waals surface area contributed by atoms with Gasteiger partial charge in [-0.3, -0.25) is 29.2 Å². The van der Waals surface area contributed by atoms with E-state index in [0.717, 1.165) is 46.1 Å². The number of carbonyl (C=O) groups excluding carboxylic acids is 4. The molecule has 13 nitrogen and oxygen atoms in total. The quantitative estimate of drug-likeness (QED) is 0.0751. The lowest BCUT2D eigenvalue weighted by Crippen LogP contribution is -2.20. The lowest BCUT2D eigenvalue weighted by atomic mass is 10.00. The number of thiophene rings is 1. The number of aromatic nitrogens is 4. The smallest absolute Gasteiger partial charge is 0.305 e. The standard InChI is InChI=1S/C35H40N6O7S/c1-6-41-26(16-20(2)39-41)34(45)38-35-37-24-17-21(33(36)44)11-12-25(24)40(35)15-9-7-8-10-22-23-18-28(46-3)29(47-4)19-30(23)49-32(22)27(42)13-14-31(43)48-5/h11-12,16-19H,6-10,13-15H2,1-5H3,(H2,36,44)(H,37,38,45). The van der Waals surface area contributed by atoms with Crippen molar-refractivity contribution in [2.24, 2.45) is 5.73 Å². The molecule has 0 saturated heterocycles. The summed E-state index contributed by atoms with van der Waals surface area (Å²) >= 11 is 1.39. The summed E-state index contributed by atoms with van der Waals surface area (Å²) in [5.41, 5.74) is 9.20. The highest BCUT2D eigenvalue weighted by atomic mass is 32.1. The van der Waals surface area contributed by atoms with Crippen molar-refractivity contribution >= 4 is 62.0 Å². The molecule has 3 aromatic heterocycles. The molecule has 0 aliphatic carbocycles. The van der Waals surface area contributed by atoms with E-state index in [4.69, 9.17) is 19.9 Å². The van der Waals surface area contributed by atoms with E-state index in [9.17, 15) is 19.2 Å². The fourth-order valence-electron chi connectivity index (χ4n) is 5.87. The zero-order valence-electron chi connectivity index (χ0n) is 28.3. The molecule has 0 spiro atoms. The van der Waals surface area contributed by atoms with Crippen molar-refractivity contribution < 1.29 is 33.4 Å². The second-order valence-corrected chi connectivity index (χ2v) is 12.6. The van der Waals surface area contributed by atoms with Crippen molar-refractivity contribution in [3.63, 3.8) is 0 Å². The van der Waals surface area contributed by atoms with Gasteiger partial charge < -0.3 is 24.5 Å². The van der Waals surface area contributed by atoms with Gasteiger partial charge >= 0.3 is 5.97 Å². The van der Waals surface area contributed by atoms with E-state index < -0.39 is 11.9 Å². The van der Waals surface area contributed by atoms with Gasteiger partial charge in [-0.1, -0.05) is 6.42 Å². The van der Waals surface area contributed by atoms with Gasteiger partial charge in [0.25, 0.3) is 5.91 Å². The molecular weight excluding hydrogens is 648 g/mol. The lowest BCUT2D eigenvalue weighted by molar-refractivity contribution is -0.140. The zero-order valence-corrected chi connectivity index (χ0v) is 29.1. The number of anilines is 1. The number of amides is 2. The molecule has 5 rings (SSSR count). The number of hydrogen-bond acceptors (Lipinski definition) is 10. The summed E-state index contributed by atoms with van der Waals surface area (Å²) in [5.74, 6) is 0.0504. The van der Waals surface area contributed by atoms with Crippen LogP contribution in [0.3, 0.4) is 0 Å². The maximum atomic E-state index is 13.3. The maximum Gasteiger partial charge on any atom is 0.305 e. The monoisotopic (exact) mass is 688 g/mol. The second-order valence-electron chi connectivity index (χ2n) is 11.5. The number of benzene rings is 2. The van der Waals surface area contributed by atoms with Gasteiger partial charge in [0.05, 0.1) is 49.4 Å². The number of hydrogen-bond donors (Lipinski definition) is 2. The minimum atomic E-state index is -0.565. The van der Waals surface area contributed by atoms with Gasteiger partial charge in [0.15, 0.2) is 17.3 Å². The van der Waals surface area contributed by atoms with Crippen LogP contribution in [-0.4, -0.2) is 64.2 Å². The second kappa shape index (κ2) is 15.3. The van der Waals surface area contributed by atoms with Gasteiger partial charge in [0, 0.05) is 41.2 Å². The third-order valence-corrected chi connectivity index (χ3v) is 9.57. The molecule has 14 heteroatoms. The van der Waals surface area contributed by atoms with Crippen molar-refractivity contribution in [3.05, 3.63) is 63.8 Å². The number of unbranched alkanes of at least 4 members (excludes halogenated alkanes) is 2. The Morgan fingerprint density at radius 2 is 1.71 bits per heavy atom. The van der Waals surface area contributed by atoms with Crippen LogP contribution in [0.1, 0.15) is 80.8 Å². The first-order chi connectivity index (χ1) is 23.6. The average Bonchev–Trinajstić information content (AvgIpc) is 3.77. The van der Waals surface area contributed by atoms with Crippen LogP contribution in [-0.2, 0) is 29.0 Å². The molecule has 0 radical (unpaired) electrons. The molecule has 5 aromatic rings. The number of carbonyl (C=O) groups is 4. The van der Waals surface area contributed by atoms with Gasteiger partial charge in [-0.2, -0.15) is 5.10 Å². The normalized spacial score (nSPS) is 11.2. The van der Waals surface area contributed by atoms with Crippen LogP contribution in [0.15, 0.2) is 36.4 Å². The maximum absolute atomic E-state index is 13.3. The SMILES string of the molecule is CCn1nc(C)cc1C(=O)Nc1nc2cc(C(N)=O)ccc2n1CCCCCc1c(C(=O)CCC(=O)OC)sc2cc(OC)c(OC)cc12. The van der Waals surface area contributed by atoms with Crippen LogP contribution in [0.5, 0.6) is 11.5 Å². The molecule has 0 bridgehead atoms. The highest BCUT2D eigenvalue weighted by Gasteiger charge is 2.22. The third kappa shape index (κ3) is 7.59. The number of Topliss-reactive ketones (excluding diaryl/α,β-unsaturated/α-hetero) is 1. The molecule has 0 atom stereocenters. The number of esters is 1. The van der Waals surface area contributed by atoms with Gasteiger partial charge in [0.2, 0.25) is 11.9 Å². The predicted octanol–water partition coefficient (Wildman–Crippen LogP) is 5.69. The topological polar surface area (TPSA) is 170 Å². The first-order valence-corrected chi connectivity index (χ1v) is 16.8. The van der Waals surface area contributed by atoms with Crippen molar-refractivity contribution in [1.29, 1.82) is 0 Å². The number of imidazole rings is 1. The van der Waals surface area contributed by atoms with Crippen LogP contribution in [0.4, 0.5) is 5.95 Å². The van der Waals surface area contributed by atoms with Crippen LogP contribution in [0, 0.1) is 6.92 Å². The number of ketones is 1.